The van der Waals surface area contributed by atoms with E-state index < -0.39 is 5.92 Å². The van der Waals surface area contributed by atoms with Crippen molar-refractivity contribution in [1.29, 1.82) is 0 Å². The van der Waals surface area contributed by atoms with Crippen LogP contribution >= 0.6 is 0 Å². The number of Topliss-reactive ketones (excluding diaryl/α,β-unsaturated/α-hetero) is 2. The number of ether oxygens (including phenoxy) is 3. The van der Waals surface area contributed by atoms with Crippen LogP contribution < -0.4 is 14.2 Å². The van der Waals surface area contributed by atoms with Gasteiger partial charge in [0.2, 0.25) is 5.75 Å². The number of aliphatic imine (C=N–C) groups is 1. The molecule has 1 aliphatic rings. The Morgan fingerprint density at radius 3 is 2.03 bits per heavy atom. The van der Waals surface area contributed by atoms with Gasteiger partial charge in [0.15, 0.2) is 11.5 Å². The van der Waals surface area contributed by atoms with Crippen LogP contribution in [0.15, 0.2) is 47.5 Å². The lowest BCUT2D eigenvalue weighted by atomic mass is 9.77. The van der Waals surface area contributed by atoms with Crippen molar-refractivity contribution >= 4 is 17.8 Å². The first-order chi connectivity index (χ1) is 14.1. The van der Waals surface area contributed by atoms with Gasteiger partial charge in [0.1, 0.15) is 17.5 Å². The molecule has 0 radical (unpaired) electrons. The van der Waals surface area contributed by atoms with Crippen molar-refractivity contribution < 1.29 is 23.8 Å². The lowest BCUT2D eigenvalue weighted by Gasteiger charge is -2.24. The SMILES string of the molecule is COc1cc(CN=CC2C(=O)CC(c3ccccc3)CC2=O)cc(OC)c1OC. The first kappa shape index (κ1) is 20.6. The van der Waals surface area contributed by atoms with Gasteiger partial charge in [-0.3, -0.25) is 14.6 Å². The Morgan fingerprint density at radius 2 is 1.52 bits per heavy atom. The Balaban J connectivity index is 1.69. The fourth-order valence-electron chi connectivity index (χ4n) is 3.61. The molecule has 2 aromatic rings. The molecular weight excluding hydrogens is 370 g/mol. The molecule has 0 aromatic heterocycles. The number of methoxy groups -OCH3 is 3. The summed E-state index contributed by atoms with van der Waals surface area (Å²) in [6.07, 6.45) is 2.20. The second-order valence-electron chi connectivity index (χ2n) is 6.95. The van der Waals surface area contributed by atoms with Gasteiger partial charge in [-0.25, -0.2) is 0 Å². The van der Waals surface area contributed by atoms with E-state index in [2.05, 4.69) is 4.99 Å². The third kappa shape index (κ3) is 4.65. The molecule has 6 heteroatoms. The van der Waals surface area contributed by atoms with E-state index in [1.54, 1.807) is 33.5 Å². The number of rotatable bonds is 7. The molecule has 3 rings (SSSR count). The summed E-state index contributed by atoms with van der Waals surface area (Å²) < 4.78 is 16.0. The minimum absolute atomic E-state index is 0.0454. The number of ketones is 2. The highest BCUT2D eigenvalue weighted by atomic mass is 16.5. The van der Waals surface area contributed by atoms with Crippen molar-refractivity contribution in [3.63, 3.8) is 0 Å². The molecule has 0 bridgehead atoms. The quantitative estimate of drug-likeness (QED) is 0.529. The van der Waals surface area contributed by atoms with Crippen LogP contribution in [0.2, 0.25) is 0 Å². The lowest BCUT2D eigenvalue weighted by molar-refractivity contribution is -0.133. The molecule has 29 heavy (non-hydrogen) atoms. The molecule has 0 atom stereocenters. The highest BCUT2D eigenvalue weighted by Gasteiger charge is 2.34. The van der Waals surface area contributed by atoms with Gasteiger partial charge in [-0.2, -0.15) is 0 Å². The van der Waals surface area contributed by atoms with Gasteiger partial charge < -0.3 is 14.2 Å². The summed E-state index contributed by atoms with van der Waals surface area (Å²) in [7, 11) is 4.64. The first-order valence-corrected chi connectivity index (χ1v) is 9.46. The van der Waals surface area contributed by atoms with Gasteiger partial charge in [0.25, 0.3) is 0 Å². The molecule has 1 fully saturated rings. The molecule has 1 saturated carbocycles. The maximum atomic E-state index is 12.5. The van der Waals surface area contributed by atoms with Crippen molar-refractivity contribution in [1.82, 2.24) is 0 Å². The van der Waals surface area contributed by atoms with Crippen molar-refractivity contribution in [2.24, 2.45) is 10.9 Å². The van der Waals surface area contributed by atoms with Crippen molar-refractivity contribution in [2.45, 2.75) is 25.3 Å². The smallest absolute Gasteiger partial charge is 0.203 e. The predicted octanol–water partition coefficient (Wildman–Crippen LogP) is 3.62. The third-order valence-corrected chi connectivity index (χ3v) is 5.11. The minimum atomic E-state index is -0.767. The van der Waals surface area contributed by atoms with Gasteiger partial charge in [-0.15, -0.1) is 0 Å². The zero-order chi connectivity index (χ0) is 20.8. The Hall–Kier alpha value is -3.15. The van der Waals surface area contributed by atoms with E-state index >= 15 is 0 Å². The van der Waals surface area contributed by atoms with Crippen molar-refractivity contribution in [2.75, 3.05) is 21.3 Å². The summed E-state index contributed by atoms with van der Waals surface area (Å²) in [5.74, 6) is 0.605. The molecule has 0 heterocycles. The summed E-state index contributed by atoms with van der Waals surface area (Å²) in [5, 5.41) is 0. The van der Waals surface area contributed by atoms with Crippen LogP contribution in [0.5, 0.6) is 17.2 Å². The standard InChI is InChI=1S/C23H25NO5/c1-27-21-9-15(10-22(28-2)23(21)29-3)13-24-14-18-19(25)11-17(12-20(18)26)16-7-5-4-6-8-16/h4-10,14,17-18H,11-13H2,1-3H3. The number of hydrogen-bond acceptors (Lipinski definition) is 6. The number of carbonyl (C=O) groups excluding carboxylic acids is 2. The van der Waals surface area contributed by atoms with E-state index in [-0.39, 0.29) is 17.5 Å². The van der Waals surface area contributed by atoms with E-state index in [9.17, 15) is 9.59 Å². The van der Waals surface area contributed by atoms with Gasteiger partial charge in [0.05, 0.1) is 27.9 Å². The fourth-order valence-corrected chi connectivity index (χ4v) is 3.61. The minimum Gasteiger partial charge on any atom is -0.493 e. The molecular formula is C23H25NO5. The van der Waals surface area contributed by atoms with Crippen molar-refractivity contribution in [3.05, 3.63) is 53.6 Å². The van der Waals surface area contributed by atoms with Crippen LogP contribution in [0.25, 0.3) is 0 Å². The van der Waals surface area contributed by atoms with Gasteiger partial charge in [0, 0.05) is 19.1 Å². The second-order valence-corrected chi connectivity index (χ2v) is 6.95. The summed E-state index contributed by atoms with van der Waals surface area (Å²) >= 11 is 0. The molecule has 6 nitrogen and oxygen atoms in total. The first-order valence-electron chi connectivity index (χ1n) is 9.46. The predicted molar refractivity (Wildman–Crippen MR) is 110 cm³/mol. The molecule has 0 unspecified atom stereocenters. The summed E-state index contributed by atoms with van der Waals surface area (Å²) in [5.41, 5.74) is 1.86. The number of hydrogen-bond donors (Lipinski definition) is 0. The number of benzene rings is 2. The summed E-state index contributed by atoms with van der Waals surface area (Å²) in [6, 6.07) is 13.3. The van der Waals surface area contributed by atoms with E-state index in [1.807, 2.05) is 30.3 Å². The monoisotopic (exact) mass is 395 g/mol. The second kappa shape index (κ2) is 9.37. The largest absolute Gasteiger partial charge is 0.493 e. The Labute approximate surface area is 170 Å². The Morgan fingerprint density at radius 1 is 0.931 bits per heavy atom. The third-order valence-electron chi connectivity index (χ3n) is 5.11. The average Bonchev–Trinajstić information content (AvgIpc) is 2.75. The number of carbonyl (C=O) groups is 2. The Kier molecular flexibility index (Phi) is 6.65. The van der Waals surface area contributed by atoms with Crippen LogP contribution in [0.3, 0.4) is 0 Å². The molecule has 2 aromatic carbocycles. The van der Waals surface area contributed by atoms with E-state index in [1.165, 1.54) is 6.21 Å². The topological polar surface area (TPSA) is 74.2 Å². The van der Waals surface area contributed by atoms with Crippen LogP contribution in [0.1, 0.15) is 29.9 Å². The van der Waals surface area contributed by atoms with Crippen molar-refractivity contribution in [3.8, 4) is 17.2 Å². The molecule has 0 aliphatic heterocycles. The van der Waals surface area contributed by atoms with Crippen LogP contribution in [-0.2, 0) is 16.1 Å². The zero-order valence-corrected chi connectivity index (χ0v) is 16.9. The molecule has 152 valence electrons. The maximum Gasteiger partial charge on any atom is 0.203 e. The highest BCUT2D eigenvalue weighted by molar-refractivity contribution is 6.16. The fraction of sp³-hybridized carbons (Fsp3) is 0.348. The molecule has 1 aliphatic carbocycles. The summed E-state index contributed by atoms with van der Waals surface area (Å²) in [6.45, 7) is 0.301. The molecule has 0 amide bonds. The van der Waals surface area contributed by atoms with Crippen LogP contribution in [0, 0.1) is 5.92 Å². The van der Waals surface area contributed by atoms with E-state index in [0.717, 1.165) is 11.1 Å². The zero-order valence-electron chi connectivity index (χ0n) is 16.9. The van der Waals surface area contributed by atoms with Crippen LogP contribution in [-0.4, -0.2) is 39.1 Å². The van der Waals surface area contributed by atoms with Crippen LogP contribution in [0.4, 0.5) is 0 Å². The van der Waals surface area contributed by atoms with Gasteiger partial charge >= 0.3 is 0 Å². The molecule has 0 N–H and O–H groups in total. The Bertz CT molecular complexity index is 864. The lowest BCUT2D eigenvalue weighted by Crippen LogP contribution is -2.33. The van der Waals surface area contributed by atoms with Gasteiger partial charge in [-0.1, -0.05) is 30.3 Å². The van der Waals surface area contributed by atoms with E-state index in [4.69, 9.17) is 14.2 Å². The normalized spacial score (nSPS) is 19.4. The number of nitrogens with zero attached hydrogens (tertiary/aromatic N) is 1. The maximum absolute atomic E-state index is 12.5. The van der Waals surface area contributed by atoms with Gasteiger partial charge in [-0.05, 0) is 29.2 Å². The molecule has 0 spiro atoms. The van der Waals surface area contributed by atoms with E-state index in [0.29, 0.717) is 36.6 Å². The summed E-state index contributed by atoms with van der Waals surface area (Å²) in [4.78, 5) is 29.4. The highest BCUT2D eigenvalue weighted by Crippen LogP contribution is 2.38. The average molecular weight is 395 g/mol. The molecule has 0 saturated heterocycles.